The van der Waals surface area contributed by atoms with E-state index in [1.807, 2.05) is 58.9 Å². The molecule has 0 saturated heterocycles. The Bertz CT molecular complexity index is 689. The molecule has 0 aliphatic rings. The number of carbonyl (C=O) groups excluding carboxylic acids is 1. The molecule has 2 rings (SSSR count). The summed E-state index contributed by atoms with van der Waals surface area (Å²) in [6.07, 6.45) is 0. The quantitative estimate of drug-likeness (QED) is 0.909. The fourth-order valence-electron chi connectivity index (χ4n) is 1.98. The zero-order chi connectivity index (χ0) is 16.3. The average Bonchev–Trinajstić information content (AvgIpc) is 2.38. The van der Waals surface area contributed by atoms with E-state index >= 15 is 0 Å². The number of aromatic nitrogens is 2. The fourth-order valence-corrected chi connectivity index (χ4v) is 1.98. The smallest absolute Gasteiger partial charge is 0.274 e. The second-order valence-electron chi connectivity index (χ2n) is 6.36. The van der Waals surface area contributed by atoms with Gasteiger partial charge in [-0.25, -0.2) is 9.97 Å². The number of rotatable bonds is 3. The van der Waals surface area contributed by atoms with E-state index in [4.69, 9.17) is 0 Å². The Morgan fingerprint density at radius 2 is 1.77 bits per heavy atom. The lowest BCUT2D eigenvalue weighted by Crippen LogP contribution is -2.28. The Morgan fingerprint density at radius 1 is 1.09 bits per heavy atom. The van der Waals surface area contributed by atoms with Gasteiger partial charge in [-0.05, 0) is 52.3 Å². The molecule has 2 N–H and O–H groups in total. The van der Waals surface area contributed by atoms with Gasteiger partial charge < -0.3 is 10.6 Å². The van der Waals surface area contributed by atoms with Gasteiger partial charge in [0.2, 0.25) is 5.95 Å². The van der Waals surface area contributed by atoms with Gasteiger partial charge in [-0.3, -0.25) is 4.79 Å². The van der Waals surface area contributed by atoms with Crippen molar-refractivity contribution < 1.29 is 4.79 Å². The molecule has 5 nitrogen and oxygen atoms in total. The molecular weight excluding hydrogens is 276 g/mol. The number of benzene rings is 1. The van der Waals surface area contributed by atoms with Gasteiger partial charge in [0.25, 0.3) is 5.91 Å². The normalized spacial score (nSPS) is 11.1. The molecule has 1 heterocycles. The van der Waals surface area contributed by atoms with Crippen LogP contribution in [0.5, 0.6) is 0 Å². The van der Waals surface area contributed by atoms with Crippen LogP contribution < -0.4 is 10.6 Å². The monoisotopic (exact) mass is 298 g/mol. The van der Waals surface area contributed by atoms with Gasteiger partial charge >= 0.3 is 0 Å². The van der Waals surface area contributed by atoms with E-state index in [2.05, 4.69) is 20.6 Å². The number of hydrogen-bond donors (Lipinski definition) is 2. The Balaban J connectivity index is 2.24. The Hall–Kier alpha value is -2.43. The van der Waals surface area contributed by atoms with Crippen LogP contribution in [0.4, 0.5) is 11.6 Å². The first-order valence-electron chi connectivity index (χ1n) is 7.25. The predicted octanol–water partition coefficient (Wildman–Crippen LogP) is 3.56. The van der Waals surface area contributed by atoms with Crippen molar-refractivity contribution in [1.82, 2.24) is 9.97 Å². The van der Waals surface area contributed by atoms with Crippen molar-refractivity contribution in [2.75, 3.05) is 10.6 Å². The molecule has 0 aliphatic heterocycles. The van der Waals surface area contributed by atoms with Crippen LogP contribution in [0.3, 0.4) is 0 Å². The van der Waals surface area contributed by atoms with Crippen molar-refractivity contribution in [3.05, 3.63) is 47.3 Å². The highest BCUT2D eigenvalue weighted by molar-refractivity contribution is 6.03. The van der Waals surface area contributed by atoms with Crippen molar-refractivity contribution in [3.8, 4) is 0 Å². The highest BCUT2D eigenvalue weighted by Gasteiger charge is 2.15. The lowest BCUT2D eigenvalue weighted by Gasteiger charge is -2.21. The second kappa shape index (κ2) is 6.13. The molecule has 0 unspecified atom stereocenters. The van der Waals surface area contributed by atoms with Gasteiger partial charge in [0.15, 0.2) is 0 Å². The highest BCUT2D eigenvalue weighted by Crippen LogP contribution is 2.16. The minimum atomic E-state index is -0.239. The van der Waals surface area contributed by atoms with Gasteiger partial charge in [-0.2, -0.15) is 0 Å². The largest absolute Gasteiger partial charge is 0.350 e. The SMILES string of the molecule is Cc1cc(C(=O)Nc2ccccc2C)nc(NC(C)(C)C)n1. The molecule has 1 amide bonds. The number of hydrogen-bond acceptors (Lipinski definition) is 4. The first-order chi connectivity index (χ1) is 10.2. The molecule has 1 aromatic heterocycles. The van der Waals surface area contributed by atoms with Crippen LogP contribution in [0.1, 0.15) is 42.5 Å². The summed E-state index contributed by atoms with van der Waals surface area (Å²) in [7, 11) is 0. The molecule has 0 radical (unpaired) electrons. The second-order valence-corrected chi connectivity index (χ2v) is 6.36. The van der Waals surface area contributed by atoms with Crippen LogP contribution in [0, 0.1) is 13.8 Å². The summed E-state index contributed by atoms with van der Waals surface area (Å²) in [4.78, 5) is 21.0. The highest BCUT2D eigenvalue weighted by atomic mass is 16.1. The first kappa shape index (κ1) is 15.9. The molecule has 0 saturated carbocycles. The van der Waals surface area contributed by atoms with Crippen LogP contribution in [-0.4, -0.2) is 21.4 Å². The number of amides is 1. The van der Waals surface area contributed by atoms with E-state index in [1.54, 1.807) is 6.07 Å². The molecule has 5 heteroatoms. The summed E-state index contributed by atoms with van der Waals surface area (Å²) in [5.41, 5.74) is 2.72. The average molecular weight is 298 g/mol. The summed E-state index contributed by atoms with van der Waals surface area (Å²) in [6.45, 7) is 9.86. The van der Waals surface area contributed by atoms with Crippen LogP contribution in [0.25, 0.3) is 0 Å². The van der Waals surface area contributed by atoms with Gasteiger partial charge in [-0.15, -0.1) is 0 Å². The number of nitrogens with one attached hydrogen (secondary N) is 2. The summed E-state index contributed by atoms with van der Waals surface area (Å²) < 4.78 is 0. The van der Waals surface area contributed by atoms with Crippen molar-refractivity contribution in [2.24, 2.45) is 0 Å². The standard InChI is InChI=1S/C17H22N4O/c1-11-8-6-7-9-13(11)19-15(22)14-10-12(2)18-16(20-14)21-17(3,4)5/h6-10H,1-5H3,(H,19,22)(H,18,20,21). The fraction of sp³-hybridized carbons (Fsp3) is 0.353. The molecule has 22 heavy (non-hydrogen) atoms. The summed E-state index contributed by atoms with van der Waals surface area (Å²) in [5.74, 6) is 0.221. The van der Waals surface area contributed by atoms with Gasteiger partial charge in [0, 0.05) is 16.9 Å². The third-order valence-corrected chi connectivity index (χ3v) is 2.97. The molecule has 0 aliphatic carbocycles. The van der Waals surface area contributed by atoms with E-state index in [1.165, 1.54) is 0 Å². The molecule has 0 atom stereocenters. The van der Waals surface area contributed by atoms with Crippen LogP contribution in [-0.2, 0) is 0 Å². The van der Waals surface area contributed by atoms with Gasteiger partial charge in [-0.1, -0.05) is 18.2 Å². The van der Waals surface area contributed by atoms with Crippen molar-refractivity contribution >= 4 is 17.5 Å². The molecular formula is C17H22N4O. The van der Waals surface area contributed by atoms with Gasteiger partial charge in [0.05, 0.1) is 0 Å². The topological polar surface area (TPSA) is 66.9 Å². The van der Waals surface area contributed by atoms with Crippen LogP contribution in [0.15, 0.2) is 30.3 Å². The number of anilines is 2. The molecule has 0 spiro atoms. The van der Waals surface area contributed by atoms with Crippen molar-refractivity contribution in [2.45, 2.75) is 40.2 Å². The third-order valence-electron chi connectivity index (χ3n) is 2.97. The zero-order valence-electron chi connectivity index (χ0n) is 13.7. The van der Waals surface area contributed by atoms with Crippen LogP contribution >= 0.6 is 0 Å². The van der Waals surface area contributed by atoms with E-state index in [-0.39, 0.29) is 11.4 Å². The van der Waals surface area contributed by atoms with E-state index < -0.39 is 0 Å². The van der Waals surface area contributed by atoms with E-state index in [9.17, 15) is 4.79 Å². The lowest BCUT2D eigenvalue weighted by atomic mass is 10.1. The Morgan fingerprint density at radius 3 is 2.41 bits per heavy atom. The van der Waals surface area contributed by atoms with Crippen LogP contribution in [0.2, 0.25) is 0 Å². The van der Waals surface area contributed by atoms with Crippen molar-refractivity contribution in [1.29, 1.82) is 0 Å². The minimum Gasteiger partial charge on any atom is -0.350 e. The molecule has 0 bridgehead atoms. The first-order valence-corrected chi connectivity index (χ1v) is 7.25. The predicted molar refractivity (Wildman–Crippen MR) is 89.3 cm³/mol. The minimum absolute atomic E-state index is 0.169. The number of aryl methyl sites for hydroxylation is 2. The van der Waals surface area contributed by atoms with E-state index in [0.29, 0.717) is 11.6 Å². The van der Waals surface area contributed by atoms with E-state index in [0.717, 1.165) is 16.9 Å². The molecule has 116 valence electrons. The lowest BCUT2D eigenvalue weighted by molar-refractivity contribution is 0.102. The number of nitrogens with zero attached hydrogens (tertiary/aromatic N) is 2. The molecule has 2 aromatic rings. The maximum absolute atomic E-state index is 12.4. The maximum Gasteiger partial charge on any atom is 0.274 e. The zero-order valence-corrected chi connectivity index (χ0v) is 13.7. The number of para-hydroxylation sites is 1. The van der Waals surface area contributed by atoms with Gasteiger partial charge in [0.1, 0.15) is 5.69 Å². The summed E-state index contributed by atoms with van der Waals surface area (Å²) >= 11 is 0. The third kappa shape index (κ3) is 4.28. The number of carbonyl (C=O) groups is 1. The summed E-state index contributed by atoms with van der Waals surface area (Å²) in [5, 5.41) is 6.08. The Labute approximate surface area is 131 Å². The molecule has 0 fully saturated rings. The van der Waals surface area contributed by atoms with Crippen molar-refractivity contribution in [3.63, 3.8) is 0 Å². The maximum atomic E-state index is 12.4. The summed E-state index contributed by atoms with van der Waals surface area (Å²) in [6, 6.07) is 9.33. The Kier molecular flexibility index (Phi) is 4.45. The molecule has 1 aromatic carbocycles.